The third-order valence-electron chi connectivity index (χ3n) is 4.90. The fraction of sp³-hybridized carbons (Fsp3) is 0.316. The lowest BCUT2D eigenvalue weighted by atomic mass is 9.92. The van der Waals surface area contributed by atoms with Gasteiger partial charge in [0.25, 0.3) is 0 Å². The van der Waals surface area contributed by atoms with Gasteiger partial charge in [-0.1, -0.05) is 33.2 Å². The first-order chi connectivity index (χ1) is 13.7. The third kappa shape index (κ3) is 3.15. The molecule has 2 atom stereocenters. The summed E-state index contributed by atoms with van der Waals surface area (Å²) in [6, 6.07) is 12.0. The molecule has 0 bridgehead atoms. The van der Waals surface area contributed by atoms with Crippen LogP contribution in [0.5, 0.6) is 17.2 Å². The summed E-state index contributed by atoms with van der Waals surface area (Å²) in [5, 5.41) is 15.6. The smallest absolute Gasteiger partial charge is 0.243 e. The highest BCUT2D eigenvalue weighted by Crippen LogP contribution is 2.46. The van der Waals surface area contributed by atoms with Crippen LogP contribution in [0.2, 0.25) is 0 Å². The molecule has 0 saturated carbocycles. The molecule has 4 rings (SSSR count). The molecule has 2 heterocycles. The van der Waals surface area contributed by atoms with Crippen LogP contribution in [-0.2, 0) is 0 Å². The zero-order chi connectivity index (χ0) is 19.7. The van der Waals surface area contributed by atoms with Crippen LogP contribution in [0.25, 0.3) is 0 Å². The summed E-state index contributed by atoms with van der Waals surface area (Å²) < 4.78 is 19.5. The lowest BCUT2D eigenvalue weighted by molar-refractivity contribution is 0.315. The molecule has 2 aromatic carbocycles. The van der Waals surface area contributed by atoms with E-state index in [0.717, 1.165) is 22.0 Å². The Morgan fingerprint density at radius 3 is 2.61 bits per heavy atom. The topological polar surface area (TPSA) is 83.3 Å². The van der Waals surface area contributed by atoms with Gasteiger partial charge in [-0.2, -0.15) is 0 Å². The number of aromatic nitrogens is 4. The monoisotopic (exact) mass is 445 g/mol. The molecule has 0 fully saturated rings. The number of hydrogen-bond acceptors (Lipinski definition) is 7. The molecule has 1 aromatic heterocycles. The SMILES string of the molecule is COc1ccc([C@H]2C[C@H](c3cccc(Br)c3)Nc3nnnn32)c(OC)c1OC. The number of halogens is 1. The standard InChI is InChI=1S/C19H20BrN5O3/c1-26-16-8-7-13(17(27-2)18(16)28-3)15-10-14(11-5-4-6-12(20)9-11)21-19-22-23-24-25(15)19/h4-9,14-15H,10H2,1-3H3,(H,21,22,24)/t14-,15-/m1/s1. The number of fused-ring (bicyclic) bond motifs is 1. The second-order valence-corrected chi connectivity index (χ2v) is 7.29. The number of ether oxygens (including phenoxy) is 3. The Bertz CT molecular complexity index is 993. The summed E-state index contributed by atoms with van der Waals surface area (Å²) >= 11 is 3.55. The molecular weight excluding hydrogens is 426 g/mol. The van der Waals surface area contributed by atoms with Crippen LogP contribution in [0.3, 0.4) is 0 Å². The zero-order valence-corrected chi connectivity index (χ0v) is 17.3. The van der Waals surface area contributed by atoms with Crippen molar-refractivity contribution in [2.75, 3.05) is 26.6 Å². The number of nitrogens with zero attached hydrogens (tertiary/aromatic N) is 4. The van der Waals surface area contributed by atoms with Crippen molar-refractivity contribution in [1.82, 2.24) is 20.2 Å². The maximum atomic E-state index is 5.70. The molecular formula is C19H20BrN5O3. The first-order valence-corrected chi connectivity index (χ1v) is 9.54. The van der Waals surface area contributed by atoms with E-state index >= 15 is 0 Å². The Balaban J connectivity index is 1.81. The summed E-state index contributed by atoms with van der Waals surface area (Å²) in [6.45, 7) is 0. The van der Waals surface area contributed by atoms with Gasteiger partial charge >= 0.3 is 0 Å². The fourth-order valence-corrected chi connectivity index (χ4v) is 4.04. The summed E-state index contributed by atoms with van der Waals surface area (Å²) in [5.41, 5.74) is 2.07. The average Bonchev–Trinajstić information content (AvgIpc) is 3.20. The van der Waals surface area contributed by atoms with Crippen LogP contribution in [-0.4, -0.2) is 41.5 Å². The number of nitrogens with one attached hydrogen (secondary N) is 1. The van der Waals surface area contributed by atoms with Crippen LogP contribution in [0.1, 0.15) is 29.6 Å². The molecule has 1 N–H and O–H groups in total. The Morgan fingerprint density at radius 1 is 1.07 bits per heavy atom. The van der Waals surface area contributed by atoms with E-state index in [-0.39, 0.29) is 12.1 Å². The predicted octanol–water partition coefficient (Wildman–Crippen LogP) is 3.61. The molecule has 1 aliphatic heterocycles. The highest BCUT2D eigenvalue weighted by molar-refractivity contribution is 9.10. The van der Waals surface area contributed by atoms with Crippen molar-refractivity contribution in [3.05, 3.63) is 52.0 Å². The molecule has 146 valence electrons. The molecule has 0 spiro atoms. The van der Waals surface area contributed by atoms with Crippen LogP contribution >= 0.6 is 15.9 Å². The van der Waals surface area contributed by atoms with Crippen LogP contribution < -0.4 is 19.5 Å². The predicted molar refractivity (Wildman–Crippen MR) is 107 cm³/mol. The van der Waals surface area contributed by atoms with Gasteiger partial charge in [-0.05, 0) is 46.7 Å². The van der Waals surface area contributed by atoms with Gasteiger partial charge in [-0.3, -0.25) is 0 Å². The molecule has 1 aliphatic rings. The van der Waals surface area contributed by atoms with E-state index in [0.29, 0.717) is 23.2 Å². The van der Waals surface area contributed by atoms with Crippen LogP contribution in [0.4, 0.5) is 5.95 Å². The second-order valence-electron chi connectivity index (χ2n) is 6.37. The van der Waals surface area contributed by atoms with Crippen molar-refractivity contribution >= 4 is 21.9 Å². The summed E-state index contributed by atoms with van der Waals surface area (Å²) in [6.07, 6.45) is 0.736. The van der Waals surface area contributed by atoms with E-state index < -0.39 is 0 Å². The number of tetrazole rings is 1. The van der Waals surface area contributed by atoms with Gasteiger partial charge in [0.15, 0.2) is 11.5 Å². The minimum absolute atomic E-state index is 0.0406. The lowest BCUT2D eigenvalue weighted by Crippen LogP contribution is -2.28. The molecule has 0 amide bonds. The number of rotatable bonds is 5. The van der Waals surface area contributed by atoms with E-state index in [4.69, 9.17) is 14.2 Å². The molecule has 0 aliphatic carbocycles. The molecule has 0 saturated heterocycles. The van der Waals surface area contributed by atoms with E-state index in [1.54, 1.807) is 26.0 Å². The number of benzene rings is 2. The number of methoxy groups -OCH3 is 3. The summed E-state index contributed by atoms with van der Waals surface area (Å²) in [7, 11) is 4.82. The minimum Gasteiger partial charge on any atom is -0.493 e. The molecule has 9 heteroatoms. The van der Waals surface area contributed by atoms with E-state index in [1.165, 1.54) is 0 Å². The second kappa shape index (κ2) is 7.67. The van der Waals surface area contributed by atoms with Gasteiger partial charge in [0.1, 0.15) is 0 Å². The third-order valence-corrected chi connectivity index (χ3v) is 5.39. The highest BCUT2D eigenvalue weighted by atomic mass is 79.9. The maximum Gasteiger partial charge on any atom is 0.243 e. The molecule has 28 heavy (non-hydrogen) atoms. The van der Waals surface area contributed by atoms with Crippen molar-refractivity contribution in [3.8, 4) is 17.2 Å². The van der Waals surface area contributed by atoms with Gasteiger partial charge in [0, 0.05) is 10.0 Å². The normalized spacial score (nSPS) is 18.1. The van der Waals surface area contributed by atoms with Crippen molar-refractivity contribution < 1.29 is 14.2 Å². The highest BCUT2D eigenvalue weighted by Gasteiger charge is 2.34. The van der Waals surface area contributed by atoms with E-state index in [1.807, 2.05) is 24.3 Å². The Kier molecular flexibility index (Phi) is 5.08. The van der Waals surface area contributed by atoms with Gasteiger partial charge in [-0.15, -0.1) is 0 Å². The Hall–Kier alpha value is -2.81. The van der Waals surface area contributed by atoms with Gasteiger partial charge in [0.05, 0.1) is 33.4 Å². The van der Waals surface area contributed by atoms with Crippen LogP contribution in [0.15, 0.2) is 40.9 Å². The van der Waals surface area contributed by atoms with Crippen molar-refractivity contribution in [1.29, 1.82) is 0 Å². The first-order valence-electron chi connectivity index (χ1n) is 8.75. The maximum absolute atomic E-state index is 5.70. The van der Waals surface area contributed by atoms with Gasteiger partial charge in [-0.25, -0.2) is 4.68 Å². The van der Waals surface area contributed by atoms with Crippen molar-refractivity contribution in [2.24, 2.45) is 0 Å². The van der Waals surface area contributed by atoms with Crippen molar-refractivity contribution in [3.63, 3.8) is 0 Å². The molecule has 8 nitrogen and oxygen atoms in total. The summed E-state index contributed by atoms with van der Waals surface area (Å²) in [5.74, 6) is 2.38. The molecule has 3 aromatic rings. The Morgan fingerprint density at radius 2 is 1.89 bits per heavy atom. The van der Waals surface area contributed by atoms with Gasteiger partial charge in [0.2, 0.25) is 11.7 Å². The Labute approximate surface area is 170 Å². The number of hydrogen-bond donors (Lipinski definition) is 1. The fourth-order valence-electron chi connectivity index (χ4n) is 3.62. The lowest BCUT2D eigenvalue weighted by Gasteiger charge is -2.32. The first kappa shape index (κ1) is 18.5. The average molecular weight is 446 g/mol. The minimum atomic E-state index is -0.134. The molecule has 0 radical (unpaired) electrons. The van der Waals surface area contributed by atoms with Gasteiger partial charge < -0.3 is 19.5 Å². The largest absolute Gasteiger partial charge is 0.493 e. The van der Waals surface area contributed by atoms with Crippen molar-refractivity contribution in [2.45, 2.75) is 18.5 Å². The summed E-state index contributed by atoms with van der Waals surface area (Å²) in [4.78, 5) is 0. The van der Waals surface area contributed by atoms with Crippen LogP contribution in [0, 0.1) is 0 Å². The zero-order valence-electron chi connectivity index (χ0n) is 15.7. The molecule has 0 unspecified atom stereocenters. The number of anilines is 1. The van der Waals surface area contributed by atoms with E-state index in [9.17, 15) is 0 Å². The quantitative estimate of drug-likeness (QED) is 0.641. The van der Waals surface area contributed by atoms with E-state index in [2.05, 4.69) is 48.9 Å².